The minimum atomic E-state index is -4.12. The lowest BCUT2D eigenvalue weighted by Gasteiger charge is -2.32. The van der Waals surface area contributed by atoms with Crippen molar-refractivity contribution in [2.45, 2.75) is 25.9 Å². The maximum Gasteiger partial charge on any atom is 0.401 e. The highest BCUT2D eigenvalue weighted by Gasteiger charge is 2.32. The molecular weight excluding hydrogens is 333 g/mol. The predicted molar refractivity (Wildman–Crippen MR) is 87.6 cm³/mol. The first-order valence-electron chi connectivity index (χ1n) is 8.29. The molecule has 1 aromatic heterocycles. The van der Waals surface area contributed by atoms with E-state index in [9.17, 15) is 13.2 Å². The topological polar surface area (TPSA) is 58.9 Å². The molecule has 9 heteroatoms. The molecule has 1 N–H and O–H groups in total. The molecule has 1 saturated heterocycles. The quantitative estimate of drug-likeness (QED) is 0.895. The van der Waals surface area contributed by atoms with Gasteiger partial charge in [0.2, 0.25) is 5.95 Å². The third kappa shape index (κ3) is 4.91. The molecule has 1 aliphatic rings. The van der Waals surface area contributed by atoms with Gasteiger partial charge in [0.25, 0.3) is 0 Å². The predicted octanol–water partition coefficient (Wildman–Crippen LogP) is 2.66. The van der Waals surface area contributed by atoms with E-state index in [0.29, 0.717) is 31.5 Å². The molecule has 0 bridgehead atoms. The van der Waals surface area contributed by atoms with E-state index in [2.05, 4.69) is 20.8 Å². The highest BCUT2D eigenvalue weighted by atomic mass is 19.4. The minimum absolute atomic E-state index is 0.313. The molecule has 0 radical (unpaired) electrons. The van der Waals surface area contributed by atoms with Crippen LogP contribution in [0, 0.1) is 12.8 Å². The van der Waals surface area contributed by atoms with Gasteiger partial charge in [-0.3, -0.25) is 4.90 Å². The van der Waals surface area contributed by atoms with E-state index in [0.717, 1.165) is 24.1 Å². The monoisotopic (exact) mass is 354 g/mol. The third-order valence-corrected chi connectivity index (χ3v) is 4.41. The van der Waals surface area contributed by atoms with Crippen LogP contribution < -0.4 is 5.32 Å². The van der Waals surface area contributed by atoms with E-state index < -0.39 is 12.7 Å². The Morgan fingerprint density at radius 3 is 2.48 bits per heavy atom. The molecule has 0 saturated carbocycles. The molecule has 2 aromatic rings. The number of benzene rings is 1. The Kier molecular flexibility index (Phi) is 5.22. The Morgan fingerprint density at radius 2 is 1.84 bits per heavy atom. The highest BCUT2D eigenvalue weighted by Crippen LogP contribution is 2.23. The Labute approximate surface area is 144 Å². The van der Waals surface area contributed by atoms with Gasteiger partial charge >= 0.3 is 6.18 Å². The molecule has 25 heavy (non-hydrogen) atoms. The Balaban J connectivity index is 1.52. The van der Waals surface area contributed by atoms with Gasteiger partial charge in [-0.2, -0.15) is 17.9 Å². The Bertz CT molecular complexity index is 674. The molecule has 0 atom stereocenters. The molecule has 0 spiro atoms. The van der Waals surface area contributed by atoms with E-state index in [-0.39, 0.29) is 0 Å². The van der Waals surface area contributed by atoms with Crippen LogP contribution in [0.4, 0.5) is 19.1 Å². The molecule has 3 rings (SSSR count). The zero-order chi connectivity index (χ0) is 17.9. The number of aryl methyl sites for hydroxylation is 1. The number of hydrogen-bond donors (Lipinski definition) is 1. The standard InChI is InChI=1S/C16H21F3N6/c1-12-2-4-14(5-3-12)25-15(21-22-23-25)20-10-13-6-8-24(9-7-13)11-16(17,18)19/h2-5,13H,6-11H2,1H3,(H,20,21,23). The summed E-state index contributed by atoms with van der Waals surface area (Å²) < 4.78 is 38.9. The average molecular weight is 354 g/mol. The first-order valence-corrected chi connectivity index (χ1v) is 8.29. The van der Waals surface area contributed by atoms with Crippen LogP contribution in [0.3, 0.4) is 0 Å². The van der Waals surface area contributed by atoms with E-state index in [1.807, 2.05) is 31.2 Å². The van der Waals surface area contributed by atoms with Crippen LogP contribution >= 0.6 is 0 Å². The number of alkyl halides is 3. The Morgan fingerprint density at radius 1 is 1.16 bits per heavy atom. The molecule has 1 aromatic carbocycles. The lowest BCUT2D eigenvalue weighted by atomic mass is 9.97. The number of aromatic nitrogens is 4. The van der Waals surface area contributed by atoms with Crippen molar-refractivity contribution in [2.75, 3.05) is 31.5 Å². The number of piperidine rings is 1. The zero-order valence-corrected chi connectivity index (χ0v) is 14.0. The van der Waals surface area contributed by atoms with Crippen LogP contribution in [0.2, 0.25) is 0 Å². The number of hydrogen-bond acceptors (Lipinski definition) is 5. The van der Waals surface area contributed by atoms with E-state index in [1.165, 1.54) is 4.90 Å². The first kappa shape index (κ1) is 17.7. The van der Waals surface area contributed by atoms with Gasteiger partial charge in [0.05, 0.1) is 12.2 Å². The summed E-state index contributed by atoms with van der Waals surface area (Å²) in [5.41, 5.74) is 2.01. The first-order chi connectivity index (χ1) is 11.9. The Hall–Kier alpha value is -2.16. The molecule has 0 amide bonds. The van der Waals surface area contributed by atoms with Crippen molar-refractivity contribution in [3.8, 4) is 5.69 Å². The van der Waals surface area contributed by atoms with Crippen LogP contribution in [0.5, 0.6) is 0 Å². The van der Waals surface area contributed by atoms with Gasteiger partial charge in [0.1, 0.15) is 0 Å². The maximum absolute atomic E-state index is 12.4. The SMILES string of the molecule is Cc1ccc(-n2nnnc2NCC2CCN(CC(F)(F)F)CC2)cc1. The lowest BCUT2D eigenvalue weighted by molar-refractivity contribution is -0.148. The fraction of sp³-hybridized carbons (Fsp3) is 0.562. The number of tetrazole rings is 1. The summed E-state index contributed by atoms with van der Waals surface area (Å²) >= 11 is 0. The van der Waals surface area contributed by atoms with Crippen molar-refractivity contribution in [1.82, 2.24) is 25.1 Å². The molecule has 0 unspecified atom stereocenters. The molecule has 136 valence electrons. The maximum atomic E-state index is 12.4. The van der Waals surface area contributed by atoms with Crippen LogP contribution in [-0.2, 0) is 0 Å². The van der Waals surface area contributed by atoms with Gasteiger partial charge in [-0.05, 0) is 61.3 Å². The van der Waals surface area contributed by atoms with E-state index >= 15 is 0 Å². The minimum Gasteiger partial charge on any atom is -0.352 e. The largest absolute Gasteiger partial charge is 0.401 e. The van der Waals surface area contributed by atoms with Crippen LogP contribution in [0.1, 0.15) is 18.4 Å². The van der Waals surface area contributed by atoms with Crippen LogP contribution in [0.25, 0.3) is 5.69 Å². The normalized spacial score (nSPS) is 17.0. The second kappa shape index (κ2) is 7.38. The van der Waals surface area contributed by atoms with Gasteiger partial charge in [-0.1, -0.05) is 22.8 Å². The highest BCUT2D eigenvalue weighted by molar-refractivity contribution is 5.39. The second-order valence-corrected chi connectivity index (χ2v) is 6.47. The smallest absolute Gasteiger partial charge is 0.352 e. The van der Waals surface area contributed by atoms with Crippen LogP contribution in [0.15, 0.2) is 24.3 Å². The van der Waals surface area contributed by atoms with Gasteiger partial charge in [-0.25, -0.2) is 0 Å². The summed E-state index contributed by atoms with van der Waals surface area (Å²) in [7, 11) is 0. The molecule has 2 heterocycles. The molecule has 6 nitrogen and oxygen atoms in total. The van der Waals surface area contributed by atoms with Gasteiger partial charge in [-0.15, -0.1) is 0 Å². The fourth-order valence-electron chi connectivity index (χ4n) is 3.00. The van der Waals surface area contributed by atoms with Gasteiger partial charge in [0.15, 0.2) is 0 Å². The number of anilines is 1. The molecule has 0 aliphatic carbocycles. The third-order valence-electron chi connectivity index (χ3n) is 4.41. The van der Waals surface area contributed by atoms with Crippen LogP contribution in [-0.4, -0.2) is 57.5 Å². The number of halogens is 3. The summed E-state index contributed by atoms with van der Waals surface area (Å²) in [6.45, 7) is 2.77. The van der Waals surface area contributed by atoms with E-state index in [1.54, 1.807) is 4.68 Å². The summed E-state index contributed by atoms with van der Waals surface area (Å²) in [6, 6.07) is 7.84. The summed E-state index contributed by atoms with van der Waals surface area (Å²) in [5, 5.41) is 14.9. The van der Waals surface area contributed by atoms with Crippen molar-refractivity contribution in [3.63, 3.8) is 0 Å². The zero-order valence-electron chi connectivity index (χ0n) is 14.0. The average Bonchev–Trinajstić information content (AvgIpc) is 3.02. The lowest BCUT2D eigenvalue weighted by Crippen LogP contribution is -2.41. The molecule has 1 aliphatic heterocycles. The summed E-state index contributed by atoms with van der Waals surface area (Å²) in [6.07, 6.45) is -2.66. The molecule has 1 fully saturated rings. The van der Waals surface area contributed by atoms with Crippen molar-refractivity contribution in [2.24, 2.45) is 5.92 Å². The summed E-state index contributed by atoms with van der Waals surface area (Å²) in [4.78, 5) is 1.47. The number of nitrogens with one attached hydrogen (secondary N) is 1. The van der Waals surface area contributed by atoms with Gasteiger partial charge < -0.3 is 5.32 Å². The number of likely N-dealkylation sites (tertiary alicyclic amines) is 1. The number of rotatable bonds is 5. The van der Waals surface area contributed by atoms with E-state index in [4.69, 9.17) is 0 Å². The van der Waals surface area contributed by atoms with Crippen molar-refractivity contribution >= 4 is 5.95 Å². The second-order valence-electron chi connectivity index (χ2n) is 6.47. The number of nitrogens with zero attached hydrogens (tertiary/aromatic N) is 5. The van der Waals surface area contributed by atoms with Crippen molar-refractivity contribution in [3.05, 3.63) is 29.8 Å². The van der Waals surface area contributed by atoms with Gasteiger partial charge in [0, 0.05) is 6.54 Å². The molecular formula is C16H21F3N6. The van der Waals surface area contributed by atoms with Crippen molar-refractivity contribution < 1.29 is 13.2 Å². The fourth-order valence-corrected chi connectivity index (χ4v) is 3.00. The summed E-state index contributed by atoms with van der Waals surface area (Å²) in [5.74, 6) is 0.856. The van der Waals surface area contributed by atoms with Crippen molar-refractivity contribution in [1.29, 1.82) is 0 Å².